The summed E-state index contributed by atoms with van der Waals surface area (Å²) in [5, 5.41) is 14.8. The number of aromatic carboxylic acids is 1. The zero-order valence-electron chi connectivity index (χ0n) is 18.5. The molecule has 5 rings (SSSR count). The second kappa shape index (κ2) is 9.33. The van der Waals surface area contributed by atoms with Crippen molar-refractivity contribution in [1.82, 2.24) is 14.6 Å². The fourth-order valence-corrected chi connectivity index (χ4v) is 5.05. The van der Waals surface area contributed by atoms with E-state index in [0.717, 1.165) is 65.7 Å². The van der Waals surface area contributed by atoms with E-state index in [1.54, 1.807) is 30.5 Å². The van der Waals surface area contributed by atoms with E-state index < -0.39 is 5.97 Å². The second-order valence-corrected chi connectivity index (χ2v) is 9.19. The Hall–Kier alpha value is -3.23. The standard InChI is InChI=1S/C25H26N4O3S/c1-2-15-32-21-11-13-28(14-12-21)20-9-7-18(8-10-20)23-27-29-22(16-26-25(29)33-23)17-3-5-19(6-4-17)24(30)31/h3-10,16,21H,2,11-15H2,1H3,(H,30,31). The van der Waals surface area contributed by atoms with Gasteiger partial charge in [0.2, 0.25) is 4.96 Å². The van der Waals surface area contributed by atoms with Gasteiger partial charge >= 0.3 is 5.97 Å². The summed E-state index contributed by atoms with van der Waals surface area (Å²) < 4.78 is 7.73. The smallest absolute Gasteiger partial charge is 0.335 e. The van der Waals surface area contributed by atoms with E-state index in [1.165, 1.54) is 17.0 Å². The molecule has 0 bridgehead atoms. The van der Waals surface area contributed by atoms with E-state index in [2.05, 4.69) is 41.1 Å². The van der Waals surface area contributed by atoms with E-state index >= 15 is 0 Å². The van der Waals surface area contributed by atoms with Crippen LogP contribution in [0.1, 0.15) is 36.5 Å². The van der Waals surface area contributed by atoms with Crippen LogP contribution in [-0.2, 0) is 4.74 Å². The number of piperidine rings is 1. The molecule has 2 aromatic heterocycles. The first-order valence-corrected chi connectivity index (χ1v) is 12.1. The Balaban J connectivity index is 1.31. The van der Waals surface area contributed by atoms with Crippen LogP contribution < -0.4 is 4.90 Å². The molecule has 0 unspecified atom stereocenters. The van der Waals surface area contributed by atoms with Gasteiger partial charge in [-0.05, 0) is 55.7 Å². The third-order valence-corrected chi connectivity index (χ3v) is 6.96. The van der Waals surface area contributed by atoms with Crippen molar-refractivity contribution in [3.8, 4) is 21.8 Å². The largest absolute Gasteiger partial charge is 0.478 e. The summed E-state index contributed by atoms with van der Waals surface area (Å²) in [6.45, 7) is 5.04. The monoisotopic (exact) mass is 462 g/mol. The van der Waals surface area contributed by atoms with Crippen LogP contribution in [0, 0.1) is 0 Å². The number of ether oxygens (including phenoxy) is 1. The Morgan fingerprint density at radius 2 is 1.79 bits per heavy atom. The lowest BCUT2D eigenvalue weighted by atomic mass is 10.1. The molecular weight excluding hydrogens is 436 g/mol. The van der Waals surface area contributed by atoms with Gasteiger partial charge in [0.15, 0.2) is 0 Å². The number of carbonyl (C=O) groups is 1. The molecule has 3 heterocycles. The average Bonchev–Trinajstić information content (AvgIpc) is 3.44. The van der Waals surface area contributed by atoms with Gasteiger partial charge in [0.25, 0.3) is 0 Å². The molecule has 0 radical (unpaired) electrons. The Morgan fingerprint density at radius 1 is 1.09 bits per heavy atom. The van der Waals surface area contributed by atoms with Crippen molar-refractivity contribution >= 4 is 28.0 Å². The zero-order chi connectivity index (χ0) is 22.8. The molecule has 1 aliphatic heterocycles. The molecule has 4 aromatic rings. The van der Waals surface area contributed by atoms with Gasteiger partial charge in [-0.15, -0.1) is 0 Å². The molecule has 2 aromatic carbocycles. The molecule has 0 atom stereocenters. The van der Waals surface area contributed by atoms with Gasteiger partial charge in [-0.3, -0.25) is 0 Å². The number of fused-ring (bicyclic) bond motifs is 1. The summed E-state index contributed by atoms with van der Waals surface area (Å²) >= 11 is 1.54. The highest BCUT2D eigenvalue weighted by Crippen LogP contribution is 2.31. The van der Waals surface area contributed by atoms with Gasteiger partial charge in [-0.1, -0.05) is 30.4 Å². The van der Waals surface area contributed by atoms with E-state index in [4.69, 9.17) is 14.9 Å². The first-order chi connectivity index (χ1) is 16.1. The number of rotatable bonds is 7. The van der Waals surface area contributed by atoms with E-state index in [-0.39, 0.29) is 5.56 Å². The predicted octanol–water partition coefficient (Wildman–Crippen LogP) is 5.22. The number of hydrogen-bond donors (Lipinski definition) is 1. The Morgan fingerprint density at radius 3 is 2.45 bits per heavy atom. The number of imidazole rings is 1. The normalized spacial score (nSPS) is 14.8. The maximum atomic E-state index is 11.1. The van der Waals surface area contributed by atoms with Gasteiger partial charge in [0, 0.05) is 36.5 Å². The quantitative estimate of drug-likeness (QED) is 0.406. The number of aromatic nitrogens is 3. The average molecular weight is 463 g/mol. The lowest BCUT2D eigenvalue weighted by molar-refractivity contribution is 0.0375. The maximum Gasteiger partial charge on any atom is 0.335 e. The van der Waals surface area contributed by atoms with Crippen molar-refractivity contribution in [3.05, 3.63) is 60.3 Å². The third-order valence-electron chi connectivity index (χ3n) is 5.99. The zero-order valence-corrected chi connectivity index (χ0v) is 19.3. The highest BCUT2D eigenvalue weighted by Gasteiger charge is 2.20. The topological polar surface area (TPSA) is 80.0 Å². The van der Waals surface area contributed by atoms with Crippen LogP contribution in [0.4, 0.5) is 5.69 Å². The van der Waals surface area contributed by atoms with Gasteiger partial charge in [-0.2, -0.15) is 5.10 Å². The molecule has 0 amide bonds. The fourth-order valence-electron chi connectivity index (χ4n) is 4.17. The molecule has 0 aliphatic carbocycles. The first-order valence-electron chi connectivity index (χ1n) is 11.3. The molecule has 170 valence electrons. The summed E-state index contributed by atoms with van der Waals surface area (Å²) in [6.07, 6.45) is 5.38. The minimum atomic E-state index is -0.937. The van der Waals surface area contributed by atoms with Gasteiger partial charge in [0.05, 0.1) is 23.6 Å². The van der Waals surface area contributed by atoms with E-state index in [1.807, 2.05) is 4.52 Å². The minimum Gasteiger partial charge on any atom is -0.478 e. The number of carboxylic acids is 1. The predicted molar refractivity (Wildman–Crippen MR) is 130 cm³/mol. The summed E-state index contributed by atoms with van der Waals surface area (Å²) in [5.74, 6) is -0.937. The summed E-state index contributed by atoms with van der Waals surface area (Å²) in [5.41, 5.74) is 4.27. The van der Waals surface area contributed by atoms with Crippen molar-refractivity contribution in [2.24, 2.45) is 0 Å². The van der Waals surface area contributed by atoms with Crippen LogP contribution >= 0.6 is 11.3 Å². The van der Waals surface area contributed by atoms with Crippen molar-refractivity contribution in [1.29, 1.82) is 0 Å². The highest BCUT2D eigenvalue weighted by atomic mass is 32.1. The van der Waals surface area contributed by atoms with Gasteiger partial charge in [0.1, 0.15) is 5.01 Å². The van der Waals surface area contributed by atoms with Crippen LogP contribution in [0.2, 0.25) is 0 Å². The lowest BCUT2D eigenvalue weighted by Crippen LogP contribution is -2.37. The molecule has 33 heavy (non-hydrogen) atoms. The Kier molecular flexibility index (Phi) is 6.11. The highest BCUT2D eigenvalue weighted by molar-refractivity contribution is 7.19. The molecule has 7 nitrogen and oxygen atoms in total. The summed E-state index contributed by atoms with van der Waals surface area (Å²) in [4.78, 5) is 18.8. The minimum absolute atomic E-state index is 0.260. The van der Waals surface area contributed by atoms with Gasteiger partial charge < -0.3 is 14.7 Å². The van der Waals surface area contributed by atoms with E-state index in [9.17, 15) is 4.79 Å². The van der Waals surface area contributed by atoms with Crippen molar-refractivity contribution < 1.29 is 14.6 Å². The molecule has 1 N–H and O–H groups in total. The first kappa shape index (κ1) is 21.6. The van der Waals surface area contributed by atoms with Gasteiger partial charge in [-0.25, -0.2) is 14.3 Å². The molecule has 8 heteroatoms. The summed E-state index contributed by atoms with van der Waals surface area (Å²) in [6, 6.07) is 15.3. The second-order valence-electron chi connectivity index (χ2n) is 8.23. The van der Waals surface area contributed by atoms with Crippen LogP contribution in [0.25, 0.3) is 26.8 Å². The number of benzene rings is 2. The Bertz CT molecular complexity index is 1240. The Labute approximate surface area is 196 Å². The number of anilines is 1. The third kappa shape index (κ3) is 4.49. The SMILES string of the molecule is CCCOC1CCN(c2ccc(-c3nn4c(-c5ccc(C(=O)O)cc5)cnc4s3)cc2)CC1. The fraction of sp³-hybridized carbons (Fsp3) is 0.320. The van der Waals surface area contributed by atoms with Crippen molar-refractivity contribution in [2.75, 3.05) is 24.6 Å². The van der Waals surface area contributed by atoms with Crippen molar-refractivity contribution in [3.63, 3.8) is 0 Å². The molecule has 1 aliphatic rings. The molecule has 0 spiro atoms. The maximum absolute atomic E-state index is 11.1. The molecular formula is C25H26N4O3S. The van der Waals surface area contributed by atoms with Crippen molar-refractivity contribution in [2.45, 2.75) is 32.3 Å². The summed E-state index contributed by atoms with van der Waals surface area (Å²) in [7, 11) is 0. The van der Waals surface area contributed by atoms with Crippen LogP contribution in [0.3, 0.4) is 0 Å². The number of nitrogens with zero attached hydrogens (tertiary/aromatic N) is 4. The van der Waals surface area contributed by atoms with E-state index in [0.29, 0.717) is 6.10 Å². The van der Waals surface area contributed by atoms with Crippen LogP contribution in [0.15, 0.2) is 54.7 Å². The number of hydrogen-bond acceptors (Lipinski definition) is 6. The number of carboxylic acid groups (broad SMARTS) is 1. The molecule has 0 saturated carbocycles. The molecule has 1 saturated heterocycles. The van der Waals surface area contributed by atoms with Crippen LogP contribution in [-0.4, -0.2) is 51.5 Å². The lowest BCUT2D eigenvalue weighted by Gasteiger charge is -2.33. The van der Waals surface area contributed by atoms with Crippen LogP contribution in [0.5, 0.6) is 0 Å². The molecule has 1 fully saturated rings.